The topological polar surface area (TPSA) is 179 Å². The lowest BCUT2D eigenvalue weighted by molar-refractivity contribution is 0.138. The fourth-order valence-electron chi connectivity index (χ4n) is 6.21. The van der Waals surface area contributed by atoms with Gasteiger partial charge >= 0.3 is 4.87 Å². The molecule has 15 heteroatoms. The van der Waals surface area contributed by atoms with Gasteiger partial charge in [-0.1, -0.05) is 59.9 Å². The van der Waals surface area contributed by atoms with E-state index >= 15 is 0 Å². The molecule has 1 atom stereocenters. The Kier molecular flexibility index (Phi) is 15.8. The highest BCUT2D eigenvalue weighted by Crippen LogP contribution is 2.28. The number of hydrogen-bond donors (Lipinski definition) is 6. The van der Waals surface area contributed by atoms with Crippen LogP contribution in [0.25, 0.3) is 21.3 Å². The number of sulfone groups is 1. The third-order valence-electron chi connectivity index (χ3n) is 9.54. The van der Waals surface area contributed by atoms with Gasteiger partial charge in [-0.2, -0.15) is 0 Å². The third kappa shape index (κ3) is 13.5. The molecule has 0 spiro atoms. The van der Waals surface area contributed by atoms with E-state index in [0.717, 1.165) is 58.1 Å². The number of aliphatic hydroxyl groups excluding tert-OH is 1. The Bertz CT molecular complexity index is 2350. The van der Waals surface area contributed by atoms with Crippen molar-refractivity contribution in [2.45, 2.75) is 57.7 Å². The van der Waals surface area contributed by atoms with Crippen LogP contribution in [0.4, 0.5) is 4.39 Å². The minimum absolute atomic E-state index is 0.0557. The van der Waals surface area contributed by atoms with E-state index in [0.29, 0.717) is 44.7 Å². The lowest BCUT2D eigenvalue weighted by atomic mass is 9.99. The number of H-pyrrole nitrogens is 1. The molecule has 0 saturated heterocycles. The van der Waals surface area contributed by atoms with Crippen LogP contribution in [-0.4, -0.2) is 88.2 Å². The normalized spacial score (nSPS) is 12.5. The van der Waals surface area contributed by atoms with Crippen molar-refractivity contribution in [3.05, 3.63) is 123 Å². The summed E-state index contributed by atoms with van der Waals surface area (Å²) in [5.41, 5.74) is 4.59. The van der Waals surface area contributed by atoms with Gasteiger partial charge < -0.3 is 40.2 Å². The Morgan fingerprint density at radius 2 is 1.74 bits per heavy atom. The molecule has 2 aromatic heterocycles. The average molecular weight is 822 g/mol. The summed E-state index contributed by atoms with van der Waals surface area (Å²) in [4.78, 5) is 18.4. The molecule has 1 unspecified atom stereocenters. The van der Waals surface area contributed by atoms with Crippen LogP contribution in [0.15, 0.2) is 96.1 Å². The number of benzene rings is 4. The second-order valence-corrected chi connectivity index (χ2v) is 17.8. The van der Waals surface area contributed by atoms with Crippen LogP contribution in [0.5, 0.6) is 11.5 Å². The highest BCUT2D eigenvalue weighted by molar-refractivity contribution is 7.91. The van der Waals surface area contributed by atoms with Gasteiger partial charge in [-0.15, -0.1) is 0 Å². The van der Waals surface area contributed by atoms with Crippen molar-refractivity contribution < 1.29 is 32.9 Å². The summed E-state index contributed by atoms with van der Waals surface area (Å²) in [5, 5.41) is 35.8. The molecule has 6 N–H and O–H groups in total. The van der Waals surface area contributed by atoms with E-state index in [1.54, 1.807) is 12.1 Å². The number of thiazole rings is 1. The Morgan fingerprint density at radius 1 is 0.965 bits per heavy atom. The molecule has 2 heterocycles. The molecular formula is C42H52FN5O7S2. The van der Waals surface area contributed by atoms with E-state index in [9.17, 15) is 32.9 Å². The first kappa shape index (κ1) is 43.5. The minimum atomic E-state index is -3.12. The Balaban J connectivity index is 0.000000221. The van der Waals surface area contributed by atoms with E-state index in [4.69, 9.17) is 4.74 Å². The van der Waals surface area contributed by atoms with Crippen LogP contribution in [0.1, 0.15) is 49.5 Å². The van der Waals surface area contributed by atoms with Crippen LogP contribution >= 0.6 is 11.3 Å². The van der Waals surface area contributed by atoms with Crippen LogP contribution < -0.4 is 15.5 Å². The Morgan fingerprint density at radius 3 is 2.53 bits per heavy atom. The fraction of sp³-hybridized carbons (Fsp3) is 0.381. The fourth-order valence-corrected chi connectivity index (χ4v) is 8.33. The number of hydrogen-bond acceptors (Lipinski definition) is 11. The number of β-amino-alcohol motifs (C(OH)–C–C–N with tert-alkyl or cyclic N) is 1. The molecule has 0 fully saturated rings. The van der Waals surface area contributed by atoms with Crippen LogP contribution in [0.3, 0.4) is 0 Å². The SMILES string of the molecule is CC(C)(CCn1cnc2ccccc21)NCC(O)c1ccc(O)cc1F.O=c1[nH]c2c(O)ccc(CCNCCS(=O)(=O)CCCOCCc3ccccc3)c2s1. The number of aromatic nitrogens is 3. The number of rotatable bonds is 20. The van der Waals surface area contributed by atoms with E-state index in [1.807, 2.05) is 74.8 Å². The number of phenols is 2. The number of imidazole rings is 1. The molecule has 0 aliphatic rings. The molecule has 0 radical (unpaired) electrons. The number of ether oxygens (including phenoxy) is 1. The first-order chi connectivity index (χ1) is 27.3. The molecule has 0 amide bonds. The van der Waals surface area contributed by atoms with Crippen molar-refractivity contribution >= 4 is 42.4 Å². The standard InChI is InChI=1S/C22H28N2O5S2.C20H24FN3O2/c25-19-8-7-18(21-20(19)24-22(26)30-21)9-11-23-12-16-31(27,28)15-4-13-29-14-10-17-5-2-1-3-6-17;1-20(2,9-10-24-13-22-17-5-3-4-6-18(17)24)23-12-19(26)15-8-7-14(25)11-16(15)21/h1-3,5-8,23,25H,4,9-16H2,(H,24,26);3-8,11,13,19,23,25-26H,9-10,12H2,1-2H3. The zero-order valence-electron chi connectivity index (χ0n) is 32.3. The molecule has 0 aliphatic heterocycles. The molecule has 6 aromatic rings. The van der Waals surface area contributed by atoms with Crippen molar-refractivity contribution in [1.82, 2.24) is 25.2 Å². The quantitative estimate of drug-likeness (QED) is 0.0511. The predicted octanol–water partition coefficient (Wildman–Crippen LogP) is 5.86. The van der Waals surface area contributed by atoms with E-state index in [-0.39, 0.29) is 45.5 Å². The number of aromatic hydroxyl groups is 2. The maximum Gasteiger partial charge on any atom is 0.305 e. The first-order valence-electron chi connectivity index (χ1n) is 19.0. The molecule has 57 heavy (non-hydrogen) atoms. The molecule has 0 bridgehead atoms. The number of para-hydroxylation sites is 2. The van der Waals surface area contributed by atoms with E-state index in [1.165, 1.54) is 17.7 Å². The first-order valence-corrected chi connectivity index (χ1v) is 21.6. The van der Waals surface area contributed by atoms with Crippen molar-refractivity contribution in [3.8, 4) is 11.5 Å². The van der Waals surface area contributed by atoms with Gasteiger partial charge in [0.1, 0.15) is 22.8 Å². The third-order valence-corrected chi connectivity index (χ3v) is 12.2. The molecule has 0 saturated carbocycles. The average Bonchev–Trinajstić information content (AvgIpc) is 3.80. The Hall–Kier alpha value is -4.64. The lowest BCUT2D eigenvalue weighted by Crippen LogP contribution is -2.42. The van der Waals surface area contributed by atoms with Crippen molar-refractivity contribution in [2.24, 2.45) is 0 Å². The highest BCUT2D eigenvalue weighted by Gasteiger charge is 2.21. The number of fused-ring (bicyclic) bond motifs is 2. The van der Waals surface area contributed by atoms with Gasteiger partial charge in [0.2, 0.25) is 0 Å². The number of aromatic amines is 1. The Labute approximate surface area is 336 Å². The summed E-state index contributed by atoms with van der Waals surface area (Å²) in [6, 6.07) is 25.2. The van der Waals surface area contributed by atoms with Crippen LogP contribution in [0, 0.1) is 5.82 Å². The van der Waals surface area contributed by atoms with Crippen molar-refractivity contribution in [1.29, 1.82) is 0 Å². The summed E-state index contributed by atoms with van der Waals surface area (Å²) in [6.07, 6.45) is 3.63. The summed E-state index contributed by atoms with van der Waals surface area (Å²) in [5.74, 6) is -0.503. The maximum absolute atomic E-state index is 13.8. The second-order valence-electron chi connectivity index (χ2n) is 14.5. The molecule has 4 aromatic carbocycles. The number of halogens is 1. The highest BCUT2D eigenvalue weighted by atomic mass is 32.2. The smallest absolute Gasteiger partial charge is 0.305 e. The summed E-state index contributed by atoms with van der Waals surface area (Å²) < 4.78 is 46.6. The maximum atomic E-state index is 13.8. The molecular weight excluding hydrogens is 770 g/mol. The van der Waals surface area contributed by atoms with E-state index < -0.39 is 21.8 Å². The van der Waals surface area contributed by atoms with Gasteiger partial charge in [0, 0.05) is 43.4 Å². The van der Waals surface area contributed by atoms with Crippen LogP contribution in [-0.2, 0) is 34.0 Å². The van der Waals surface area contributed by atoms with Gasteiger partial charge in [0.25, 0.3) is 0 Å². The van der Waals surface area contributed by atoms with Crippen molar-refractivity contribution in [2.75, 3.05) is 44.4 Å². The monoisotopic (exact) mass is 821 g/mol. The zero-order valence-corrected chi connectivity index (χ0v) is 33.9. The van der Waals surface area contributed by atoms with Crippen molar-refractivity contribution in [3.63, 3.8) is 0 Å². The van der Waals surface area contributed by atoms with Gasteiger partial charge in [-0.05, 0) is 87.5 Å². The number of aliphatic hydroxyl groups is 1. The van der Waals surface area contributed by atoms with Crippen LogP contribution in [0.2, 0.25) is 0 Å². The molecule has 12 nitrogen and oxygen atoms in total. The lowest BCUT2D eigenvalue weighted by Gasteiger charge is -2.28. The minimum Gasteiger partial charge on any atom is -0.508 e. The number of nitrogens with zero attached hydrogens (tertiary/aromatic N) is 2. The van der Waals surface area contributed by atoms with E-state index in [2.05, 4.69) is 25.2 Å². The number of nitrogens with one attached hydrogen (secondary N) is 3. The largest absolute Gasteiger partial charge is 0.508 e. The predicted molar refractivity (Wildman–Crippen MR) is 224 cm³/mol. The zero-order chi connectivity index (χ0) is 40.8. The number of aryl methyl sites for hydroxylation is 1. The van der Waals surface area contributed by atoms with Gasteiger partial charge in [-0.25, -0.2) is 17.8 Å². The number of phenolic OH excluding ortho intramolecular Hbond substituents is 2. The summed E-state index contributed by atoms with van der Waals surface area (Å²) >= 11 is 1.07. The second kappa shape index (κ2) is 20.7. The summed E-state index contributed by atoms with van der Waals surface area (Å²) in [6.45, 7) is 7.09. The summed E-state index contributed by atoms with van der Waals surface area (Å²) in [7, 11) is -3.12. The molecule has 0 aliphatic carbocycles. The van der Waals surface area contributed by atoms with Gasteiger partial charge in [0.05, 0.1) is 46.3 Å². The van der Waals surface area contributed by atoms with Gasteiger partial charge in [-0.3, -0.25) is 4.79 Å². The van der Waals surface area contributed by atoms with Gasteiger partial charge in [0.15, 0.2) is 9.84 Å². The molecule has 306 valence electrons. The molecule has 6 rings (SSSR count).